The van der Waals surface area contributed by atoms with Gasteiger partial charge in [-0.25, -0.2) is 13.1 Å². The number of nitrogen functional groups attached to an aromatic ring is 1. The minimum atomic E-state index is -3.02. The van der Waals surface area contributed by atoms with Crippen molar-refractivity contribution in [2.45, 2.75) is 25.8 Å². The van der Waals surface area contributed by atoms with E-state index < -0.39 is 9.84 Å². The lowest BCUT2D eigenvalue weighted by molar-refractivity contribution is 0.429. The third-order valence-electron chi connectivity index (χ3n) is 3.73. The first kappa shape index (κ1) is 14.0. The van der Waals surface area contributed by atoms with Crippen LogP contribution in [-0.4, -0.2) is 40.1 Å². The second kappa shape index (κ2) is 5.10. The normalized spacial score (nSPS) is 21.3. The SMILES string of the molecule is Cc1ccc(N)c(-c2nnnn2C2CCCS(=O)(=O)C2)c1. The summed E-state index contributed by atoms with van der Waals surface area (Å²) in [6, 6.07) is 5.41. The number of aryl methyl sites for hydroxylation is 1. The highest BCUT2D eigenvalue weighted by Crippen LogP contribution is 2.30. The van der Waals surface area contributed by atoms with Crippen LogP contribution in [0.2, 0.25) is 0 Å². The van der Waals surface area contributed by atoms with Crippen molar-refractivity contribution in [3.05, 3.63) is 23.8 Å². The summed E-state index contributed by atoms with van der Waals surface area (Å²) in [4.78, 5) is 0. The maximum Gasteiger partial charge on any atom is 0.184 e. The van der Waals surface area contributed by atoms with Crippen molar-refractivity contribution in [2.75, 3.05) is 17.2 Å². The highest BCUT2D eigenvalue weighted by Gasteiger charge is 2.29. The fourth-order valence-corrected chi connectivity index (χ4v) is 4.34. The van der Waals surface area contributed by atoms with Crippen LogP contribution in [0.1, 0.15) is 24.4 Å². The summed E-state index contributed by atoms with van der Waals surface area (Å²) in [5.74, 6) is 0.850. The van der Waals surface area contributed by atoms with E-state index in [0.717, 1.165) is 17.5 Å². The molecule has 1 aromatic carbocycles. The molecule has 0 radical (unpaired) electrons. The zero-order valence-electron chi connectivity index (χ0n) is 11.7. The second-order valence-electron chi connectivity index (χ2n) is 5.45. The van der Waals surface area contributed by atoms with E-state index in [4.69, 9.17) is 5.73 Å². The number of sulfone groups is 1. The molecule has 2 aromatic rings. The Kier molecular flexibility index (Phi) is 3.40. The molecule has 1 atom stereocenters. The van der Waals surface area contributed by atoms with Gasteiger partial charge in [0.2, 0.25) is 0 Å². The van der Waals surface area contributed by atoms with Crippen LogP contribution in [0.25, 0.3) is 11.4 Å². The van der Waals surface area contributed by atoms with Gasteiger partial charge in [-0.05, 0) is 42.3 Å². The summed E-state index contributed by atoms with van der Waals surface area (Å²) >= 11 is 0. The summed E-state index contributed by atoms with van der Waals surface area (Å²) in [6.07, 6.45) is 1.39. The zero-order chi connectivity index (χ0) is 15.0. The van der Waals surface area contributed by atoms with Gasteiger partial charge in [0.05, 0.1) is 17.5 Å². The molecule has 1 unspecified atom stereocenters. The molecule has 0 amide bonds. The maximum atomic E-state index is 11.8. The van der Waals surface area contributed by atoms with E-state index in [2.05, 4.69) is 15.5 Å². The first-order valence-corrected chi connectivity index (χ1v) is 8.63. The van der Waals surface area contributed by atoms with Crippen LogP contribution < -0.4 is 5.73 Å². The first-order valence-electron chi connectivity index (χ1n) is 6.81. The molecule has 112 valence electrons. The Morgan fingerprint density at radius 2 is 2.19 bits per heavy atom. The highest BCUT2D eigenvalue weighted by atomic mass is 32.2. The minimum absolute atomic E-state index is 0.0801. The summed E-state index contributed by atoms with van der Waals surface area (Å²) in [6.45, 7) is 1.96. The lowest BCUT2D eigenvalue weighted by Crippen LogP contribution is -2.28. The van der Waals surface area contributed by atoms with Gasteiger partial charge in [-0.15, -0.1) is 5.10 Å². The average Bonchev–Trinajstić information content (AvgIpc) is 2.89. The third-order valence-corrected chi connectivity index (χ3v) is 5.53. The van der Waals surface area contributed by atoms with E-state index in [1.807, 2.05) is 19.1 Å². The number of tetrazole rings is 1. The smallest absolute Gasteiger partial charge is 0.184 e. The van der Waals surface area contributed by atoms with Crippen molar-refractivity contribution < 1.29 is 8.42 Å². The molecule has 3 rings (SSSR count). The molecule has 1 aliphatic rings. The molecule has 7 nitrogen and oxygen atoms in total. The maximum absolute atomic E-state index is 11.8. The molecule has 21 heavy (non-hydrogen) atoms. The van der Waals surface area contributed by atoms with Crippen molar-refractivity contribution in [1.82, 2.24) is 20.2 Å². The van der Waals surface area contributed by atoms with Gasteiger partial charge in [0, 0.05) is 11.3 Å². The van der Waals surface area contributed by atoms with Gasteiger partial charge >= 0.3 is 0 Å². The lowest BCUT2D eigenvalue weighted by Gasteiger charge is -2.22. The summed E-state index contributed by atoms with van der Waals surface area (Å²) < 4.78 is 25.2. The van der Waals surface area contributed by atoms with Crippen LogP contribution in [0.3, 0.4) is 0 Å². The van der Waals surface area contributed by atoms with Crippen molar-refractivity contribution in [3.63, 3.8) is 0 Å². The van der Waals surface area contributed by atoms with Crippen molar-refractivity contribution in [3.8, 4) is 11.4 Å². The minimum Gasteiger partial charge on any atom is -0.398 e. The molecule has 1 aliphatic heterocycles. The van der Waals surface area contributed by atoms with Gasteiger partial charge in [0.15, 0.2) is 15.7 Å². The molecule has 0 bridgehead atoms. The molecule has 0 saturated carbocycles. The summed E-state index contributed by atoms with van der Waals surface area (Å²) in [5.41, 5.74) is 8.37. The molecular formula is C13H17N5O2S. The van der Waals surface area contributed by atoms with Crippen LogP contribution >= 0.6 is 0 Å². The molecule has 1 aromatic heterocycles. The van der Waals surface area contributed by atoms with Gasteiger partial charge in [0.25, 0.3) is 0 Å². The zero-order valence-corrected chi connectivity index (χ0v) is 12.5. The predicted molar refractivity (Wildman–Crippen MR) is 79.3 cm³/mol. The van der Waals surface area contributed by atoms with E-state index in [1.165, 1.54) is 0 Å². The van der Waals surface area contributed by atoms with Gasteiger partial charge in [-0.3, -0.25) is 0 Å². The average molecular weight is 307 g/mol. The Labute approximate surface area is 123 Å². The Morgan fingerprint density at radius 1 is 1.38 bits per heavy atom. The summed E-state index contributed by atoms with van der Waals surface area (Å²) in [5, 5.41) is 11.7. The van der Waals surface area contributed by atoms with Gasteiger partial charge < -0.3 is 5.73 Å². The fraction of sp³-hybridized carbons (Fsp3) is 0.462. The van der Waals surface area contributed by atoms with Crippen LogP contribution in [0.4, 0.5) is 5.69 Å². The van der Waals surface area contributed by atoms with E-state index in [1.54, 1.807) is 10.7 Å². The number of nitrogens with zero attached hydrogens (tertiary/aromatic N) is 4. The Hall–Kier alpha value is -1.96. The van der Waals surface area contributed by atoms with E-state index in [9.17, 15) is 8.42 Å². The van der Waals surface area contributed by atoms with E-state index >= 15 is 0 Å². The van der Waals surface area contributed by atoms with Gasteiger partial charge in [-0.1, -0.05) is 11.6 Å². The quantitative estimate of drug-likeness (QED) is 0.829. The Morgan fingerprint density at radius 3 is 2.95 bits per heavy atom. The van der Waals surface area contributed by atoms with Gasteiger partial charge in [-0.2, -0.15) is 0 Å². The number of nitrogens with two attached hydrogens (primary N) is 1. The predicted octanol–water partition coefficient (Wildman–Crippen LogP) is 0.980. The van der Waals surface area contributed by atoms with Crippen LogP contribution in [0.15, 0.2) is 18.2 Å². The van der Waals surface area contributed by atoms with Crippen molar-refractivity contribution in [2.24, 2.45) is 0 Å². The van der Waals surface area contributed by atoms with Crippen LogP contribution in [0.5, 0.6) is 0 Å². The number of rotatable bonds is 2. The Balaban J connectivity index is 2.03. The number of anilines is 1. The first-order chi connectivity index (χ1) is 9.96. The van der Waals surface area contributed by atoms with Gasteiger partial charge in [0.1, 0.15) is 0 Å². The lowest BCUT2D eigenvalue weighted by atomic mass is 10.1. The number of benzene rings is 1. The topological polar surface area (TPSA) is 104 Å². The summed E-state index contributed by atoms with van der Waals surface area (Å²) in [7, 11) is -3.02. The van der Waals surface area contributed by atoms with Crippen LogP contribution in [0, 0.1) is 6.92 Å². The molecule has 0 spiro atoms. The molecule has 8 heteroatoms. The monoisotopic (exact) mass is 307 g/mol. The van der Waals surface area contributed by atoms with Crippen molar-refractivity contribution >= 4 is 15.5 Å². The highest BCUT2D eigenvalue weighted by molar-refractivity contribution is 7.91. The molecular weight excluding hydrogens is 290 g/mol. The number of hydrogen-bond acceptors (Lipinski definition) is 6. The Bertz CT molecular complexity index is 769. The standard InChI is InChI=1S/C13H17N5O2S/c1-9-4-5-12(14)11(7-9)13-15-16-17-18(13)10-3-2-6-21(19,20)8-10/h4-5,7,10H,2-3,6,8,14H2,1H3. The molecule has 2 N–H and O–H groups in total. The molecule has 1 saturated heterocycles. The van der Waals surface area contributed by atoms with E-state index in [0.29, 0.717) is 17.9 Å². The number of hydrogen-bond donors (Lipinski definition) is 1. The van der Waals surface area contributed by atoms with Crippen molar-refractivity contribution in [1.29, 1.82) is 0 Å². The van der Waals surface area contributed by atoms with E-state index in [-0.39, 0.29) is 17.5 Å². The fourth-order valence-electron chi connectivity index (χ4n) is 2.67. The largest absolute Gasteiger partial charge is 0.398 e. The second-order valence-corrected chi connectivity index (χ2v) is 7.68. The molecule has 1 fully saturated rings. The van der Waals surface area contributed by atoms with Crippen LogP contribution in [-0.2, 0) is 9.84 Å². The third kappa shape index (κ3) is 2.76. The molecule has 2 heterocycles. The molecule has 0 aliphatic carbocycles. The number of aromatic nitrogens is 4.